The van der Waals surface area contributed by atoms with Crippen LogP contribution in [0.1, 0.15) is 41.3 Å². The SMILES string of the molecule is C[C@H]1CN(CC(O)CN2CCc3ccccc3C2)C(=O)c2ccc(OC3CCN(CCF)CC3)cc2O1. The molecule has 200 valence electrons. The highest BCUT2D eigenvalue weighted by molar-refractivity contribution is 5.97. The van der Waals surface area contributed by atoms with Gasteiger partial charge in [0.2, 0.25) is 0 Å². The molecular weight excluding hydrogens is 473 g/mol. The van der Waals surface area contributed by atoms with Crippen LogP contribution in [0.2, 0.25) is 0 Å². The molecule has 2 aromatic rings. The number of aliphatic hydroxyl groups is 1. The van der Waals surface area contributed by atoms with E-state index in [2.05, 4.69) is 34.1 Å². The fourth-order valence-electron chi connectivity index (χ4n) is 5.71. The van der Waals surface area contributed by atoms with Gasteiger partial charge in [-0.2, -0.15) is 0 Å². The number of ether oxygens (including phenoxy) is 2. The lowest BCUT2D eigenvalue weighted by atomic mass is 10.00. The van der Waals surface area contributed by atoms with Crippen LogP contribution in [0.4, 0.5) is 4.39 Å². The average Bonchev–Trinajstić information content (AvgIpc) is 3.00. The number of β-amino-alcohol motifs (C(OH)–C–C–N with tert-alkyl or cyclic N) is 1. The van der Waals surface area contributed by atoms with Gasteiger partial charge in [-0.3, -0.25) is 9.69 Å². The normalized spacial score (nSPS) is 22.1. The van der Waals surface area contributed by atoms with Crippen molar-refractivity contribution in [3.05, 3.63) is 59.2 Å². The van der Waals surface area contributed by atoms with Gasteiger partial charge in [-0.1, -0.05) is 24.3 Å². The van der Waals surface area contributed by atoms with Gasteiger partial charge >= 0.3 is 0 Å². The number of halogens is 1. The van der Waals surface area contributed by atoms with Gasteiger partial charge in [0.1, 0.15) is 30.4 Å². The van der Waals surface area contributed by atoms with Gasteiger partial charge < -0.3 is 24.4 Å². The highest BCUT2D eigenvalue weighted by Crippen LogP contribution is 2.31. The Bertz CT molecular complexity index is 1070. The van der Waals surface area contributed by atoms with Crippen molar-refractivity contribution in [3.63, 3.8) is 0 Å². The van der Waals surface area contributed by atoms with Gasteiger partial charge in [0.25, 0.3) is 5.91 Å². The van der Waals surface area contributed by atoms with E-state index in [1.54, 1.807) is 11.0 Å². The lowest BCUT2D eigenvalue weighted by Gasteiger charge is -2.32. The van der Waals surface area contributed by atoms with Crippen molar-refractivity contribution in [1.29, 1.82) is 0 Å². The molecule has 2 aromatic carbocycles. The summed E-state index contributed by atoms with van der Waals surface area (Å²) in [5.74, 6) is 1.07. The first kappa shape index (κ1) is 25.9. The van der Waals surface area contributed by atoms with Gasteiger partial charge in [0.05, 0.1) is 18.2 Å². The summed E-state index contributed by atoms with van der Waals surface area (Å²) in [6, 6.07) is 13.9. The van der Waals surface area contributed by atoms with Crippen molar-refractivity contribution in [3.8, 4) is 11.5 Å². The molecule has 8 heteroatoms. The van der Waals surface area contributed by atoms with Crippen molar-refractivity contribution in [2.24, 2.45) is 0 Å². The Labute approximate surface area is 218 Å². The molecule has 1 fully saturated rings. The number of carbonyl (C=O) groups is 1. The molecule has 37 heavy (non-hydrogen) atoms. The molecule has 3 aliphatic heterocycles. The molecule has 5 rings (SSSR count). The number of fused-ring (bicyclic) bond motifs is 2. The van der Waals surface area contributed by atoms with E-state index in [4.69, 9.17) is 9.47 Å². The second kappa shape index (κ2) is 11.8. The molecule has 3 heterocycles. The Kier molecular flexibility index (Phi) is 8.27. The molecule has 0 spiro atoms. The second-order valence-electron chi connectivity index (χ2n) is 10.6. The van der Waals surface area contributed by atoms with Gasteiger partial charge in [0, 0.05) is 51.9 Å². The van der Waals surface area contributed by atoms with Crippen molar-refractivity contribution < 1.29 is 23.8 Å². The number of piperidine rings is 1. The van der Waals surface area contributed by atoms with E-state index in [1.165, 1.54) is 11.1 Å². The van der Waals surface area contributed by atoms with Crippen LogP contribution in [0.5, 0.6) is 11.5 Å². The number of hydrogen-bond acceptors (Lipinski definition) is 6. The third-order valence-electron chi connectivity index (χ3n) is 7.62. The smallest absolute Gasteiger partial charge is 0.257 e. The summed E-state index contributed by atoms with van der Waals surface area (Å²) in [5, 5.41) is 10.9. The molecular formula is C29H38FN3O4. The summed E-state index contributed by atoms with van der Waals surface area (Å²) in [6.45, 7) is 6.69. The van der Waals surface area contributed by atoms with Crippen LogP contribution in [-0.4, -0.2) is 96.5 Å². The summed E-state index contributed by atoms with van der Waals surface area (Å²) in [7, 11) is 0. The van der Waals surface area contributed by atoms with Gasteiger partial charge in [-0.05, 0) is 49.4 Å². The summed E-state index contributed by atoms with van der Waals surface area (Å²) < 4.78 is 24.9. The fraction of sp³-hybridized carbons (Fsp3) is 0.552. The Morgan fingerprint density at radius 2 is 1.86 bits per heavy atom. The quantitative estimate of drug-likeness (QED) is 0.588. The molecule has 0 saturated carbocycles. The number of alkyl halides is 1. The molecule has 1 N–H and O–H groups in total. The van der Waals surface area contributed by atoms with E-state index in [0.717, 1.165) is 45.4 Å². The van der Waals surface area contributed by atoms with E-state index in [9.17, 15) is 14.3 Å². The van der Waals surface area contributed by atoms with E-state index in [1.807, 2.05) is 19.1 Å². The predicted molar refractivity (Wildman–Crippen MR) is 140 cm³/mol. The van der Waals surface area contributed by atoms with Crippen LogP contribution < -0.4 is 9.47 Å². The highest BCUT2D eigenvalue weighted by Gasteiger charge is 2.30. The monoisotopic (exact) mass is 511 g/mol. The Morgan fingerprint density at radius 3 is 2.65 bits per heavy atom. The van der Waals surface area contributed by atoms with E-state index in [0.29, 0.717) is 36.7 Å². The van der Waals surface area contributed by atoms with Crippen molar-refractivity contribution >= 4 is 5.91 Å². The predicted octanol–water partition coefficient (Wildman–Crippen LogP) is 3.14. The fourth-order valence-corrected chi connectivity index (χ4v) is 5.71. The van der Waals surface area contributed by atoms with Crippen LogP contribution in [0.25, 0.3) is 0 Å². The van der Waals surface area contributed by atoms with Crippen molar-refractivity contribution in [2.45, 2.75) is 51.0 Å². The number of carbonyl (C=O) groups excluding carboxylic acids is 1. The summed E-state index contributed by atoms with van der Waals surface area (Å²) in [6.07, 6.45) is 1.89. The number of rotatable bonds is 8. The average molecular weight is 512 g/mol. The largest absolute Gasteiger partial charge is 0.490 e. The molecule has 0 bridgehead atoms. The number of amides is 1. The van der Waals surface area contributed by atoms with E-state index in [-0.39, 0.29) is 31.3 Å². The number of likely N-dealkylation sites (tertiary alicyclic amines) is 1. The Morgan fingerprint density at radius 1 is 1.08 bits per heavy atom. The molecule has 7 nitrogen and oxygen atoms in total. The maximum Gasteiger partial charge on any atom is 0.257 e. The number of hydrogen-bond donors (Lipinski definition) is 1. The summed E-state index contributed by atoms with van der Waals surface area (Å²) in [5.41, 5.74) is 3.18. The molecule has 1 saturated heterocycles. The topological polar surface area (TPSA) is 65.5 Å². The third-order valence-corrected chi connectivity index (χ3v) is 7.62. The minimum Gasteiger partial charge on any atom is -0.490 e. The van der Waals surface area contributed by atoms with Crippen molar-refractivity contribution in [1.82, 2.24) is 14.7 Å². The van der Waals surface area contributed by atoms with Crippen LogP contribution in [0.3, 0.4) is 0 Å². The number of aliphatic hydroxyl groups excluding tert-OH is 1. The molecule has 0 aliphatic carbocycles. The zero-order valence-electron chi connectivity index (χ0n) is 21.7. The molecule has 1 unspecified atom stereocenters. The summed E-state index contributed by atoms with van der Waals surface area (Å²) in [4.78, 5) is 19.5. The lowest BCUT2D eigenvalue weighted by Crippen LogP contribution is -2.45. The van der Waals surface area contributed by atoms with Gasteiger partial charge in [-0.25, -0.2) is 4.39 Å². The zero-order valence-corrected chi connectivity index (χ0v) is 21.7. The third kappa shape index (κ3) is 6.43. The first-order valence-electron chi connectivity index (χ1n) is 13.5. The van der Waals surface area contributed by atoms with E-state index >= 15 is 0 Å². The number of nitrogens with zero attached hydrogens (tertiary/aromatic N) is 3. The maximum absolute atomic E-state index is 13.4. The Hall–Kier alpha value is -2.68. The molecule has 0 aromatic heterocycles. The number of benzene rings is 2. The van der Waals surface area contributed by atoms with Crippen LogP contribution in [-0.2, 0) is 13.0 Å². The first-order chi connectivity index (χ1) is 18.0. The second-order valence-corrected chi connectivity index (χ2v) is 10.6. The maximum atomic E-state index is 13.4. The standard InChI is InChI=1S/C29H38FN3O4/c1-21-17-33(20-24(34)19-32-12-8-22-4-2-3-5-23(22)18-32)29(35)27-7-6-26(16-28(27)36-21)37-25-9-13-31(14-10-25)15-11-30/h2-7,16,21,24-25,34H,8-15,17-20H2,1H3/t21-,24?/m0/s1. The highest BCUT2D eigenvalue weighted by atomic mass is 19.1. The first-order valence-corrected chi connectivity index (χ1v) is 13.5. The minimum atomic E-state index is -0.645. The van der Waals surface area contributed by atoms with Crippen LogP contribution >= 0.6 is 0 Å². The molecule has 3 aliphatic rings. The van der Waals surface area contributed by atoms with Crippen LogP contribution in [0.15, 0.2) is 42.5 Å². The Balaban J connectivity index is 1.19. The molecule has 0 radical (unpaired) electrons. The van der Waals surface area contributed by atoms with Gasteiger partial charge in [0.15, 0.2) is 0 Å². The minimum absolute atomic E-state index is 0.0706. The van der Waals surface area contributed by atoms with Crippen LogP contribution in [0, 0.1) is 0 Å². The van der Waals surface area contributed by atoms with Gasteiger partial charge in [-0.15, -0.1) is 0 Å². The zero-order chi connectivity index (χ0) is 25.8. The molecule has 1 amide bonds. The lowest BCUT2D eigenvalue weighted by molar-refractivity contribution is 0.0454. The summed E-state index contributed by atoms with van der Waals surface area (Å²) >= 11 is 0. The van der Waals surface area contributed by atoms with E-state index < -0.39 is 6.10 Å². The van der Waals surface area contributed by atoms with Crippen molar-refractivity contribution in [2.75, 3.05) is 52.5 Å². The molecule has 2 atom stereocenters.